The molecular weight excluding hydrogens is 356 g/mol. The highest BCUT2D eigenvalue weighted by Crippen LogP contribution is 2.25. The number of hydrogen-bond donors (Lipinski definition) is 4. The van der Waals surface area contributed by atoms with E-state index in [2.05, 4.69) is 0 Å². The van der Waals surface area contributed by atoms with Crippen molar-refractivity contribution in [1.82, 2.24) is 0 Å². The molecule has 130 valence electrons. The van der Waals surface area contributed by atoms with E-state index >= 15 is 0 Å². The van der Waals surface area contributed by atoms with Crippen molar-refractivity contribution >= 4 is 36.3 Å². The Morgan fingerprint density at radius 3 is 1.04 bits per heavy atom. The van der Waals surface area contributed by atoms with Crippen LogP contribution in [0, 0.1) is 0 Å². The van der Waals surface area contributed by atoms with Crippen LogP contribution in [0.15, 0.2) is 36.4 Å². The molecule has 4 N–H and O–H groups in total. The van der Waals surface area contributed by atoms with Gasteiger partial charge >= 0.3 is 23.9 Å². The molecule has 0 saturated carbocycles. The van der Waals surface area contributed by atoms with E-state index in [9.17, 15) is 19.2 Å². The summed E-state index contributed by atoms with van der Waals surface area (Å²) in [6.45, 7) is 0. The van der Waals surface area contributed by atoms with Gasteiger partial charge in [0.1, 0.15) is 0 Å². The summed E-state index contributed by atoms with van der Waals surface area (Å²) in [5.74, 6) is -5.72. The summed E-state index contributed by atoms with van der Waals surface area (Å²) in [4.78, 5) is 44.4. The maximum Gasteiger partial charge on any atom is 0.336 e. The SMILES string of the molecule is Cl.O=C(O)c1ccc(-c2ccc(C(=O)O)c(C(=O)O)c2)cc1C(=O)O. The molecule has 0 saturated heterocycles. The van der Waals surface area contributed by atoms with Crippen molar-refractivity contribution in [3.05, 3.63) is 58.7 Å². The molecular formula is C16H11ClO8. The molecule has 0 aliphatic carbocycles. The van der Waals surface area contributed by atoms with E-state index in [1.165, 1.54) is 12.1 Å². The smallest absolute Gasteiger partial charge is 0.336 e. The van der Waals surface area contributed by atoms with Gasteiger partial charge in [-0.25, -0.2) is 19.2 Å². The molecule has 0 bridgehead atoms. The van der Waals surface area contributed by atoms with Crippen LogP contribution in [0.5, 0.6) is 0 Å². The lowest BCUT2D eigenvalue weighted by Gasteiger charge is -2.09. The largest absolute Gasteiger partial charge is 0.478 e. The Balaban J connectivity index is 0.00000312. The van der Waals surface area contributed by atoms with Gasteiger partial charge in [0.2, 0.25) is 0 Å². The van der Waals surface area contributed by atoms with E-state index in [0.717, 1.165) is 24.3 Å². The second-order valence-corrected chi connectivity index (χ2v) is 4.74. The van der Waals surface area contributed by atoms with Gasteiger partial charge in [0, 0.05) is 0 Å². The van der Waals surface area contributed by atoms with Gasteiger partial charge in [0.05, 0.1) is 22.3 Å². The van der Waals surface area contributed by atoms with Crippen LogP contribution >= 0.6 is 12.4 Å². The highest BCUT2D eigenvalue weighted by Gasteiger charge is 2.19. The highest BCUT2D eigenvalue weighted by molar-refractivity contribution is 6.04. The number of hydrogen-bond acceptors (Lipinski definition) is 4. The molecule has 0 atom stereocenters. The number of carboxylic acid groups (broad SMARTS) is 4. The molecule has 0 aliphatic heterocycles. The normalized spacial score (nSPS) is 9.76. The van der Waals surface area contributed by atoms with Crippen molar-refractivity contribution in [2.24, 2.45) is 0 Å². The third-order valence-electron chi connectivity index (χ3n) is 3.29. The number of carbonyl (C=O) groups is 4. The van der Waals surface area contributed by atoms with Crippen LogP contribution in [0.25, 0.3) is 11.1 Å². The average molecular weight is 367 g/mol. The molecule has 0 amide bonds. The summed E-state index contributed by atoms with van der Waals surface area (Å²) in [7, 11) is 0. The van der Waals surface area contributed by atoms with Crippen molar-refractivity contribution < 1.29 is 39.6 Å². The van der Waals surface area contributed by atoms with E-state index in [4.69, 9.17) is 20.4 Å². The van der Waals surface area contributed by atoms with Gasteiger partial charge in [0.15, 0.2) is 0 Å². The lowest BCUT2D eigenvalue weighted by atomic mass is 9.96. The Hall–Kier alpha value is -3.39. The fourth-order valence-electron chi connectivity index (χ4n) is 2.17. The molecule has 0 aromatic heterocycles. The first-order valence-corrected chi connectivity index (χ1v) is 6.44. The topological polar surface area (TPSA) is 149 Å². The van der Waals surface area contributed by atoms with Crippen LogP contribution < -0.4 is 0 Å². The van der Waals surface area contributed by atoms with Gasteiger partial charge in [-0.2, -0.15) is 0 Å². The second-order valence-electron chi connectivity index (χ2n) is 4.74. The van der Waals surface area contributed by atoms with Gasteiger partial charge in [-0.3, -0.25) is 0 Å². The second kappa shape index (κ2) is 7.45. The minimum Gasteiger partial charge on any atom is -0.478 e. The zero-order valence-corrected chi connectivity index (χ0v) is 13.1. The maximum atomic E-state index is 11.2. The van der Waals surface area contributed by atoms with Crippen LogP contribution in [0.1, 0.15) is 41.4 Å². The van der Waals surface area contributed by atoms with E-state index in [0.29, 0.717) is 0 Å². The van der Waals surface area contributed by atoms with Gasteiger partial charge in [-0.15, -0.1) is 12.4 Å². The van der Waals surface area contributed by atoms with E-state index in [1.54, 1.807) is 0 Å². The first-order valence-electron chi connectivity index (χ1n) is 6.44. The molecule has 2 rings (SSSR count). The van der Waals surface area contributed by atoms with E-state index in [1.807, 2.05) is 0 Å². The molecule has 8 nitrogen and oxygen atoms in total. The molecule has 0 spiro atoms. The Labute approximate surface area is 146 Å². The summed E-state index contributed by atoms with van der Waals surface area (Å²) in [5, 5.41) is 36.2. The molecule has 0 unspecified atom stereocenters. The van der Waals surface area contributed by atoms with Crippen molar-refractivity contribution in [2.45, 2.75) is 0 Å². The standard InChI is InChI=1S/C16H10O8.ClH/c17-13(18)9-3-1-7(5-11(9)15(21)22)8-2-4-10(14(19)20)12(6-8)16(23)24;/h1-6H,(H,17,18)(H,19,20)(H,21,22)(H,23,24);1H. The molecule has 0 heterocycles. The first kappa shape index (κ1) is 19.7. The Morgan fingerprint density at radius 1 is 0.520 bits per heavy atom. The molecule has 2 aromatic rings. The Morgan fingerprint density at radius 2 is 0.800 bits per heavy atom. The maximum absolute atomic E-state index is 11.2. The molecule has 0 radical (unpaired) electrons. The summed E-state index contributed by atoms with van der Waals surface area (Å²) in [6.07, 6.45) is 0. The number of benzene rings is 2. The summed E-state index contributed by atoms with van der Waals surface area (Å²) in [6, 6.07) is 6.99. The number of rotatable bonds is 5. The zero-order valence-electron chi connectivity index (χ0n) is 12.3. The van der Waals surface area contributed by atoms with E-state index in [-0.39, 0.29) is 23.5 Å². The third kappa shape index (κ3) is 3.93. The average Bonchev–Trinajstić information content (AvgIpc) is 2.53. The highest BCUT2D eigenvalue weighted by atomic mass is 35.5. The van der Waals surface area contributed by atoms with Gasteiger partial charge in [-0.05, 0) is 35.4 Å². The lowest BCUT2D eigenvalue weighted by Crippen LogP contribution is -2.09. The lowest BCUT2D eigenvalue weighted by molar-refractivity contribution is 0.0651. The number of halogens is 1. The fourth-order valence-corrected chi connectivity index (χ4v) is 2.17. The number of aromatic carboxylic acids is 4. The van der Waals surface area contributed by atoms with Crippen LogP contribution in [-0.2, 0) is 0 Å². The molecule has 0 fully saturated rings. The fraction of sp³-hybridized carbons (Fsp3) is 0. The van der Waals surface area contributed by atoms with Crippen molar-refractivity contribution in [1.29, 1.82) is 0 Å². The monoisotopic (exact) mass is 366 g/mol. The van der Waals surface area contributed by atoms with Gasteiger partial charge in [-0.1, -0.05) is 12.1 Å². The van der Waals surface area contributed by atoms with Crippen LogP contribution in [-0.4, -0.2) is 44.3 Å². The predicted molar refractivity (Wildman–Crippen MR) is 87.0 cm³/mol. The summed E-state index contributed by atoms with van der Waals surface area (Å²) >= 11 is 0. The van der Waals surface area contributed by atoms with Crippen LogP contribution in [0.2, 0.25) is 0 Å². The molecule has 2 aromatic carbocycles. The minimum absolute atomic E-state index is 0. The van der Waals surface area contributed by atoms with Crippen molar-refractivity contribution in [3.63, 3.8) is 0 Å². The summed E-state index contributed by atoms with van der Waals surface area (Å²) < 4.78 is 0. The minimum atomic E-state index is -1.45. The number of carboxylic acids is 4. The quantitative estimate of drug-likeness (QED) is 0.630. The van der Waals surface area contributed by atoms with Crippen LogP contribution in [0.4, 0.5) is 0 Å². The van der Waals surface area contributed by atoms with Gasteiger partial charge < -0.3 is 20.4 Å². The zero-order chi connectivity index (χ0) is 18.0. The third-order valence-corrected chi connectivity index (χ3v) is 3.29. The van der Waals surface area contributed by atoms with Gasteiger partial charge in [0.25, 0.3) is 0 Å². The predicted octanol–water partition coefficient (Wildman–Crippen LogP) is 2.57. The molecule has 25 heavy (non-hydrogen) atoms. The van der Waals surface area contributed by atoms with Crippen molar-refractivity contribution in [2.75, 3.05) is 0 Å². The molecule has 9 heteroatoms. The first-order chi connectivity index (χ1) is 11.2. The molecule has 0 aliphatic rings. The summed E-state index contributed by atoms with van der Waals surface area (Å²) in [5.41, 5.74) is -1.24. The van der Waals surface area contributed by atoms with E-state index < -0.39 is 46.1 Å². The van der Waals surface area contributed by atoms with Crippen molar-refractivity contribution in [3.8, 4) is 11.1 Å². The van der Waals surface area contributed by atoms with Crippen LogP contribution in [0.3, 0.4) is 0 Å². The Kier molecular flexibility index (Phi) is 5.86. The Bertz CT molecular complexity index is 814.